The predicted octanol–water partition coefficient (Wildman–Crippen LogP) is 0.999. The number of hydrogen-bond acceptors (Lipinski definition) is 4. The molecular formula is C11H24N2O2S2. The van der Waals surface area contributed by atoms with Crippen LogP contribution in [0.1, 0.15) is 19.8 Å². The van der Waals surface area contributed by atoms with Gasteiger partial charge in [-0.1, -0.05) is 0 Å². The summed E-state index contributed by atoms with van der Waals surface area (Å²) in [6, 6.07) is 0.0803. The molecular weight excluding hydrogens is 256 g/mol. The maximum atomic E-state index is 12.2. The third-order valence-corrected chi connectivity index (χ3v) is 6.32. The first-order valence-corrected chi connectivity index (χ1v) is 9.13. The Bertz CT molecular complexity index is 313. The molecule has 0 aromatic heterocycles. The van der Waals surface area contributed by atoms with Crippen molar-refractivity contribution in [3.8, 4) is 0 Å². The largest absolute Gasteiger partial charge is 0.317 e. The summed E-state index contributed by atoms with van der Waals surface area (Å²) in [5.74, 6) is 1.48. The minimum Gasteiger partial charge on any atom is -0.317 e. The maximum Gasteiger partial charge on any atom is 0.214 e. The van der Waals surface area contributed by atoms with E-state index in [1.54, 1.807) is 23.1 Å². The first-order valence-electron chi connectivity index (χ1n) is 6.12. The van der Waals surface area contributed by atoms with Crippen LogP contribution in [0.4, 0.5) is 0 Å². The van der Waals surface area contributed by atoms with Gasteiger partial charge in [0.05, 0.1) is 5.75 Å². The zero-order chi connectivity index (χ0) is 12.9. The van der Waals surface area contributed by atoms with E-state index in [-0.39, 0.29) is 6.04 Å². The van der Waals surface area contributed by atoms with Gasteiger partial charge >= 0.3 is 0 Å². The Morgan fingerprint density at radius 1 is 1.41 bits per heavy atom. The van der Waals surface area contributed by atoms with Crippen LogP contribution in [0.15, 0.2) is 0 Å². The quantitative estimate of drug-likeness (QED) is 0.788. The molecule has 0 aromatic rings. The maximum absolute atomic E-state index is 12.2. The molecule has 102 valence electrons. The van der Waals surface area contributed by atoms with Crippen LogP contribution in [0.25, 0.3) is 0 Å². The third kappa shape index (κ3) is 4.77. The molecule has 1 fully saturated rings. The van der Waals surface area contributed by atoms with Gasteiger partial charge in [0.1, 0.15) is 0 Å². The lowest BCUT2D eigenvalue weighted by atomic mass is 10.0. The van der Waals surface area contributed by atoms with E-state index >= 15 is 0 Å². The Morgan fingerprint density at radius 3 is 2.53 bits per heavy atom. The summed E-state index contributed by atoms with van der Waals surface area (Å²) < 4.78 is 26.0. The van der Waals surface area contributed by atoms with Crippen molar-refractivity contribution in [3.63, 3.8) is 0 Å². The van der Waals surface area contributed by atoms with Crippen LogP contribution in [-0.2, 0) is 10.0 Å². The normalized spacial score (nSPS) is 20.7. The molecule has 1 saturated heterocycles. The minimum atomic E-state index is -3.09. The average molecular weight is 280 g/mol. The monoisotopic (exact) mass is 280 g/mol. The predicted molar refractivity (Wildman–Crippen MR) is 75.0 cm³/mol. The summed E-state index contributed by atoms with van der Waals surface area (Å²) >= 11 is 1.68. The number of nitrogens with one attached hydrogen (secondary N) is 1. The standard InChI is InChI=1S/C11H24N2O2S2/c1-10(8-16-3)13(2)17(14,15)9-11-4-6-12-7-5-11/h10-12H,4-9H2,1-3H3. The van der Waals surface area contributed by atoms with Gasteiger partial charge in [-0.2, -0.15) is 11.8 Å². The molecule has 17 heavy (non-hydrogen) atoms. The molecule has 6 heteroatoms. The van der Waals surface area contributed by atoms with E-state index in [1.165, 1.54) is 0 Å². The van der Waals surface area contributed by atoms with E-state index in [9.17, 15) is 8.42 Å². The second kappa shape index (κ2) is 6.97. The van der Waals surface area contributed by atoms with Crippen molar-refractivity contribution >= 4 is 21.8 Å². The number of rotatable bonds is 6. The smallest absolute Gasteiger partial charge is 0.214 e. The topological polar surface area (TPSA) is 49.4 Å². The zero-order valence-electron chi connectivity index (χ0n) is 11.0. The lowest BCUT2D eigenvalue weighted by Gasteiger charge is -2.28. The van der Waals surface area contributed by atoms with Crippen molar-refractivity contribution in [2.24, 2.45) is 5.92 Å². The summed E-state index contributed by atoms with van der Waals surface area (Å²) in [6.45, 7) is 3.87. The fourth-order valence-electron chi connectivity index (χ4n) is 2.08. The fourth-order valence-corrected chi connectivity index (χ4v) is 4.67. The molecule has 1 N–H and O–H groups in total. The van der Waals surface area contributed by atoms with Crippen LogP contribution in [-0.4, -0.2) is 56.7 Å². The Hall–Kier alpha value is 0.220. The average Bonchev–Trinajstić information content (AvgIpc) is 2.29. The number of sulfonamides is 1. The number of hydrogen-bond donors (Lipinski definition) is 1. The Balaban J connectivity index is 2.54. The lowest BCUT2D eigenvalue weighted by molar-refractivity contribution is 0.376. The highest BCUT2D eigenvalue weighted by atomic mass is 32.2. The second-order valence-corrected chi connectivity index (χ2v) is 7.78. The third-order valence-electron chi connectivity index (χ3n) is 3.37. The van der Waals surface area contributed by atoms with E-state index in [4.69, 9.17) is 0 Å². The molecule has 0 spiro atoms. The Kier molecular flexibility index (Phi) is 6.26. The van der Waals surface area contributed by atoms with Gasteiger partial charge in [-0.05, 0) is 45.0 Å². The first kappa shape index (κ1) is 15.3. The first-order chi connectivity index (χ1) is 7.97. The van der Waals surface area contributed by atoms with Gasteiger partial charge in [0.2, 0.25) is 10.0 Å². The van der Waals surface area contributed by atoms with Gasteiger partial charge in [0.25, 0.3) is 0 Å². The molecule has 1 rings (SSSR count). The van der Waals surface area contributed by atoms with Gasteiger partial charge < -0.3 is 5.32 Å². The van der Waals surface area contributed by atoms with Gasteiger partial charge in [-0.15, -0.1) is 0 Å². The van der Waals surface area contributed by atoms with Crippen LogP contribution < -0.4 is 5.32 Å². The molecule has 0 aromatic carbocycles. The molecule has 0 aliphatic carbocycles. The van der Waals surface area contributed by atoms with E-state index in [0.29, 0.717) is 11.7 Å². The van der Waals surface area contributed by atoms with Crippen molar-refractivity contribution in [2.45, 2.75) is 25.8 Å². The Morgan fingerprint density at radius 2 is 2.00 bits per heavy atom. The van der Waals surface area contributed by atoms with Gasteiger partial charge in [0.15, 0.2) is 0 Å². The van der Waals surface area contributed by atoms with Crippen molar-refractivity contribution < 1.29 is 8.42 Å². The van der Waals surface area contributed by atoms with Gasteiger partial charge in [-0.3, -0.25) is 0 Å². The SMILES string of the molecule is CSCC(C)N(C)S(=O)(=O)CC1CCNCC1. The molecule has 1 unspecified atom stereocenters. The van der Waals surface area contributed by atoms with Gasteiger partial charge in [-0.25, -0.2) is 12.7 Å². The van der Waals surface area contributed by atoms with Crippen molar-refractivity contribution in [3.05, 3.63) is 0 Å². The van der Waals surface area contributed by atoms with Crippen LogP contribution in [0.5, 0.6) is 0 Å². The summed E-state index contributed by atoms with van der Waals surface area (Å²) in [7, 11) is -1.38. The summed E-state index contributed by atoms with van der Waals surface area (Å²) in [5, 5.41) is 3.26. The van der Waals surface area contributed by atoms with E-state index < -0.39 is 10.0 Å². The van der Waals surface area contributed by atoms with Crippen molar-refractivity contribution in [1.82, 2.24) is 9.62 Å². The molecule has 0 bridgehead atoms. The Labute approximate surface area is 110 Å². The van der Waals surface area contributed by atoms with Crippen LogP contribution in [0.3, 0.4) is 0 Å². The molecule has 0 radical (unpaired) electrons. The highest BCUT2D eigenvalue weighted by molar-refractivity contribution is 7.98. The van der Waals surface area contributed by atoms with Gasteiger partial charge in [0, 0.05) is 18.8 Å². The van der Waals surface area contributed by atoms with Crippen molar-refractivity contribution in [1.29, 1.82) is 0 Å². The fraction of sp³-hybridized carbons (Fsp3) is 1.00. The lowest BCUT2D eigenvalue weighted by Crippen LogP contribution is -2.41. The second-order valence-electron chi connectivity index (χ2n) is 4.79. The van der Waals surface area contributed by atoms with E-state index in [1.807, 2.05) is 13.2 Å². The number of piperidine rings is 1. The molecule has 0 amide bonds. The minimum absolute atomic E-state index is 0.0803. The van der Waals surface area contributed by atoms with Crippen LogP contribution >= 0.6 is 11.8 Å². The molecule has 1 aliphatic heterocycles. The van der Waals surface area contributed by atoms with Crippen LogP contribution in [0.2, 0.25) is 0 Å². The molecule has 4 nitrogen and oxygen atoms in total. The number of nitrogens with zero attached hydrogens (tertiary/aromatic N) is 1. The van der Waals surface area contributed by atoms with E-state index in [2.05, 4.69) is 5.32 Å². The molecule has 1 atom stereocenters. The highest BCUT2D eigenvalue weighted by Crippen LogP contribution is 2.18. The summed E-state index contributed by atoms with van der Waals surface area (Å²) in [6.07, 6.45) is 3.96. The van der Waals surface area contributed by atoms with Crippen molar-refractivity contribution in [2.75, 3.05) is 37.9 Å². The zero-order valence-corrected chi connectivity index (χ0v) is 12.6. The van der Waals surface area contributed by atoms with Crippen LogP contribution in [0, 0.1) is 5.92 Å². The summed E-state index contributed by atoms with van der Waals surface area (Å²) in [4.78, 5) is 0. The molecule has 1 heterocycles. The highest BCUT2D eigenvalue weighted by Gasteiger charge is 2.27. The van der Waals surface area contributed by atoms with E-state index in [0.717, 1.165) is 31.7 Å². The molecule has 0 saturated carbocycles. The molecule has 1 aliphatic rings. The summed E-state index contributed by atoms with van der Waals surface area (Å²) in [5.41, 5.74) is 0. The number of thioether (sulfide) groups is 1.